The molecule has 3 aliphatic rings. The molecule has 5 nitrogen and oxygen atoms in total. The largest absolute Gasteiger partial charge is 0.497 e. The van der Waals surface area contributed by atoms with E-state index in [2.05, 4.69) is 15.9 Å². The summed E-state index contributed by atoms with van der Waals surface area (Å²) in [6.45, 7) is 6.34. The van der Waals surface area contributed by atoms with E-state index in [1.165, 1.54) is 44.2 Å². The van der Waals surface area contributed by atoms with Gasteiger partial charge in [-0.1, -0.05) is 19.3 Å². The zero-order chi connectivity index (χ0) is 20.1. The first-order chi connectivity index (χ1) is 14.2. The molecule has 5 heteroatoms. The zero-order valence-electron chi connectivity index (χ0n) is 17.8. The van der Waals surface area contributed by atoms with Crippen molar-refractivity contribution in [3.8, 4) is 11.5 Å². The Hall–Kier alpha value is -1.56. The van der Waals surface area contributed by atoms with Crippen molar-refractivity contribution in [3.63, 3.8) is 0 Å². The SMILES string of the molecule is COc1ccc2c(c1)C=C(CN1CCN(CC3CCCCC3)[C@@H](CCO)C1)CO2. The molecule has 2 fully saturated rings. The number of benzene rings is 1. The minimum atomic E-state index is 0.276. The summed E-state index contributed by atoms with van der Waals surface area (Å²) in [5, 5.41) is 9.62. The molecule has 2 aliphatic heterocycles. The van der Waals surface area contributed by atoms with Crippen LogP contribution in [0.2, 0.25) is 0 Å². The number of hydrogen-bond acceptors (Lipinski definition) is 5. The number of ether oxygens (including phenoxy) is 2. The number of piperazine rings is 1. The summed E-state index contributed by atoms with van der Waals surface area (Å²) < 4.78 is 11.3. The minimum Gasteiger partial charge on any atom is -0.497 e. The monoisotopic (exact) mass is 400 g/mol. The van der Waals surface area contributed by atoms with Crippen LogP contribution in [-0.4, -0.2) is 74.0 Å². The summed E-state index contributed by atoms with van der Waals surface area (Å²) in [5.74, 6) is 2.66. The van der Waals surface area contributed by atoms with Gasteiger partial charge in [0.15, 0.2) is 0 Å². The molecule has 4 rings (SSSR count). The lowest BCUT2D eigenvalue weighted by Crippen LogP contribution is -2.55. The molecule has 1 aromatic rings. The van der Waals surface area contributed by atoms with Gasteiger partial charge in [0.05, 0.1) is 7.11 Å². The van der Waals surface area contributed by atoms with Crippen molar-refractivity contribution in [2.75, 3.05) is 53.0 Å². The third-order valence-electron chi connectivity index (χ3n) is 6.78. The van der Waals surface area contributed by atoms with Crippen molar-refractivity contribution in [1.82, 2.24) is 9.80 Å². The maximum atomic E-state index is 9.62. The number of fused-ring (bicyclic) bond motifs is 1. The van der Waals surface area contributed by atoms with Crippen molar-refractivity contribution >= 4 is 6.08 Å². The molecule has 0 amide bonds. The molecule has 1 aromatic carbocycles. The Morgan fingerprint density at radius 3 is 2.83 bits per heavy atom. The Bertz CT molecular complexity index is 699. The molecule has 160 valence electrons. The van der Waals surface area contributed by atoms with Gasteiger partial charge in [-0.25, -0.2) is 0 Å². The molecule has 0 aromatic heterocycles. The summed E-state index contributed by atoms with van der Waals surface area (Å²) >= 11 is 0. The van der Waals surface area contributed by atoms with E-state index in [9.17, 15) is 5.11 Å². The van der Waals surface area contributed by atoms with E-state index in [0.717, 1.165) is 55.6 Å². The molecule has 1 saturated carbocycles. The van der Waals surface area contributed by atoms with E-state index in [1.807, 2.05) is 18.2 Å². The number of methoxy groups -OCH3 is 1. The van der Waals surface area contributed by atoms with Crippen molar-refractivity contribution in [2.45, 2.75) is 44.6 Å². The van der Waals surface area contributed by atoms with Gasteiger partial charge in [-0.3, -0.25) is 9.80 Å². The van der Waals surface area contributed by atoms with Crippen LogP contribution in [0.5, 0.6) is 11.5 Å². The van der Waals surface area contributed by atoms with Gasteiger partial charge in [0, 0.05) is 50.9 Å². The van der Waals surface area contributed by atoms with E-state index < -0.39 is 0 Å². The van der Waals surface area contributed by atoms with E-state index >= 15 is 0 Å². The fraction of sp³-hybridized carbons (Fsp3) is 0.667. The summed E-state index contributed by atoms with van der Waals surface area (Å²) in [6.07, 6.45) is 10.1. The molecule has 29 heavy (non-hydrogen) atoms. The molecule has 1 saturated heterocycles. The average molecular weight is 401 g/mol. The first kappa shape index (κ1) is 20.7. The molecule has 2 heterocycles. The van der Waals surface area contributed by atoms with Crippen LogP contribution in [0.1, 0.15) is 44.1 Å². The van der Waals surface area contributed by atoms with Crippen LogP contribution in [-0.2, 0) is 0 Å². The van der Waals surface area contributed by atoms with Crippen molar-refractivity contribution < 1.29 is 14.6 Å². The quantitative estimate of drug-likeness (QED) is 0.760. The molecule has 0 spiro atoms. The third-order valence-corrected chi connectivity index (χ3v) is 6.78. The fourth-order valence-corrected chi connectivity index (χ4v) is 5.17. The summed E-state index contributed by atoms with van der Waals surface area (Å²) in [5.41, 5.74) is 2.42. The Balaban J connectivity index is 1.36. The van der Waals surface area contributed by atoms with Crippen molar-refractivity contribution in [1.29, 1.82) is 0 Å². The van der Waals surface area contributed by atoms with Crippen LogP contribution in [0.4, 0.5) is 0 Å². The standard InChI is InChI=1S/C24H36N2O3/c1-28-23-7-8-24-21(14-23)13-20(18-29-24)15-25-10-11-26(22(17-25)9-12-27)16-19-5-3-2-4-6-19/h7-8,13-14,19,22,27H,2-6,9-12,15-18H2,1H3/t22-/m0/s1. The number of aliphatic hydroxyl groups is 1. The normalized spacial score (nSPS) is 23.9. The van der Waals surface area contributed by atoms with Crippen LogP contribution in [0, 0.1) is 5.92 Å². The van der Waals surface area contributed by atoms with Gasteiger partial charge in [0.2, 0.25) is 0 Å². The predicted octanol–water partition coefficient (Wildman–Crippen LogP) is 3.42. The highest BCUT2D eigenvalue weighted by atomic mass is 16.5. The molecule has 0 radical (unpaired) electrons. The number of aliphatic hydroxyl groups excluding tert-OH is 1. The second-order valence-electron chi connectivity index (χ2n) is 8.90. The van der Waals surface area contributed by atoms with E-state index in [-0.39, 0.29) is 6.61 Å². The second kappa shape index (κ2) is 9.96. The summed E-state index contributed by atoms with van der Waals surface area (Å²) in [4.78, 5) is 5.20. The first-order valence-corrected chi connectivity index (χ1v) is 11.3. The van der Waals surface area contributed by atoms with Crippen LogP contribution >= 0.6 is 0 Å². The molecule has 0 bridgehead atoms. The van der Waals surface area contributed by atoms with Crippen LogP contribution in [0.15, 0.2) is 23.8 Å². The summed E-state index contributed by atoms with van der Waals surface area (Å²) in [7, 11) is 1.70. The lowest BCUT2D eigenvalue weighted by Gasteiger charge is -2.43. The first-order valence-electron chi connectivity index (χ1n) is 11.3. The van der Waals surface area contributed by atoms with E-state index in [1.54, 1.807) is 7.11 Å². The third kappa shape index (κ3) is 5.33. The Morgan fingerprint density at radius 2 is 2.03 bits per heavy atom. The highest BCUT2D eigenvalue weighted by Crippen LogP contribution is 2.31. The molecule has 1 N–H and O–H groups in total. The van der Waals surface area contributed by atoms with Gasteiger partial charge in [-0.2, -0.15) is 0 Å². The van der Waals surface area contributed by atoms with Crippen molar-refractivity contribution in [2.24, 2.45) is 5.92 Å². The Labute approximate surface area is 175 Å². The lowest BCUT2D eigenvalue weighted by atomic mass is 9.88. The maximum Gasteiger partial charge on any atom is 0.127 e. The Morgan fingerprint density at radius 1 is 1.17 bits per heavy atom. The molecular formula is C24H36N2O3. The predicted molar refractivity (Wildman–Crippen MR) is 117 cm³/mol. The topological polar surface area (TPSA) is 45.2 Å². The second-order valence-corrected chi connectivity index (χ2v) is 8.90. The smallest absolute Gasteiger partial charge is 0.127 e. The lowest BCUT2D eigenvalue weighted by molar-refractivity contribution is 0.0466. The molecule has 1 aliphatic carbocycles. The highest BCUT2D eigenvalue weighted by Gasteiger charge is 2.29. The van der Waals surface area contributed by atoms with Crippen LogP contribution < -0.4 is 9.47 Å². The van der Waals surface area contributed by atoms with Gasteiger partial charge in [-0.05, 0) is 55.0 Å². The molecule has 1 atom stereocenters. The van der Waals surface area contributed by atoms with E-state index in [4.69, 9.17) is 9.47 Å². The number of rotatable bonds is 7. The van der Waals surface area contributed by atoms with Gasteiger partial charge in [0.1, 0.15) is 18.1 Å². The summed E-state index contributed by atoms with van der Waals surface area (Å²) in [6, 6.07) is 6.45. The van der Waals surface area contributed by atoms with E-state index in [0.29, 0.717) is 12.6 Å². The Kier molecular flexibility index (Phi) is 7.11. The van der Waals surface area contributed by atoms with Crippen LogP contribution in [0.3, 0.4) is 0 Å². The molecule has 0 unspecified atom stereocenters. The highest BCUT2D eigenvalue weighted by molar-refractivity contribution is 5.64. The maximum absolute atomic E-state index is 9.62. The fourth-order valence-electron chi connectivity index (χ4n) is 5.17. The van der Waals surface area contributed by atoms with Gasteiger partial charge < -0.3 is 14.6 Å². The average Bonchev–Trinajstić information content (AvgIpc) is 2.76. The molecular weight excluding hydrogens is 364 g/mol. The van der Waals surface area contributed by atoms with Gasteiger partial charge >= 0.3 is 0 Å². The van der Waals surface area contributed by atoms with Gasteiger partial charge in [0.25, 0.3) is 0 Å². The van der Waals surface area contributed by atoms with Crippen molar-refractivity contribution in [3.05, 3.63) is 29.3 Å². The minimum absolute atomic E-state index is 0.276. The number of hydrogen-bond donors (Lipinski definition) is 1. The van der Waals surface area contributed by atoms with Crippen LogP contribution in [0.25, 0.3) is 6.08 Å². The zero-order valence-corrected chi connectivity index (χ0v) is 17.8. The van der Waals surface area contributed by atoms with Gasteiger partial charge in [-0.15, -0.1) is 0 Å². The number of nitrogens with zero attached hydrogens (tertiary/aromatic N) is 2.